The zero-order valence-corrected chi connectivity index (χ0v) is 3.85. The van der Waals surface area contributed by atoms with Crippen molar-refractivity contribution in [3.63, 3.8) is 0 Å². The van der Waals surface area contributed by atoms with Gasteiger partial charge in [0.15, 0.2) is 5.50 Å². The molecule has 0 heterocycles. The highest BCUT2D eigenvalue weighted by molar-refractivity contribution is 6.21. The summed E-state index contributed by atoms with van der Waals surface area (Å²) in [7, 11) is 0. The number of hydrogen-bond acceptors (Lipinski definition) is 2. The molecule has 0 aliphatic carbocycles. The van der Waals surface area contributed by atoms with Gasteiger partial charge in [-0.1, -0.05) is 18.2 Å². The Labute approximate surface area is 40.8 Å². The van der Waals surface area contributed by atoms with E-state index in [1.807, 2.05) is 0 Å². The van der Waals surface area contributed by atoms with Crippen LogP contribution in [0.15, 0.2) is 17.8 Å². The molecule has 0 saturated carbocycles. The van der Waals surface area contributed by atoms with E-state index in [-0.39, 0.29) is 0 Å². The van der Waals surface area contributed by atoms with Gasteiger partial charge in [0.05, 0.1) is 0 Å². The quantitative estimate of drug-likeness (QED) is 0.227. The van der Waals surface area contributed by atoms with E-state index < -0.39 is 5.50 Å². The molecule has 0 aromatic rings. The van der Waals surface area contributed by atoms with Crippen molar-refractivity contribution in [2.45, 2.75) is 5.50 Å². The normalized spacial score (nSPS) is 12.8. The number of nitrogens with zero attached hydrogens (tertiary/aromatic N) is 1. The minimum Gasteiger partial charge on any atom is -0.149 e. The third-order valence-corrected chi connectivity index (χ3v) is 0.553. The Hall–Kier alpha value is -0.370. The van der Waals surface area contributed by atoms with Gasteiger partial charge >= 0.3 is 0 Å². The van der Waals surface area contributed by atoms with Crippen molar-refractivity contribution in [1.29, 1.82) is 0 Å². The number of nitroso groups, excluding NO2 is 1. The summed E-state index contributed by atoms with van der Waals surface area (Å²) in [6.45, 7) is 3.21. The minimum absolute atomic E-state index is 0.759. The van der Waals surface area contributed by atoms with Crippen molar-refractivity contribution in [3.05, 3.63) is 17.6 Å². The van der Waals surface area contributed by atoms with Crippen LogP contribution in [-0.2, 0) is 0 Å². The fraction of sp³-hybridized carbons (Fsp3) is 0.333. The summed E-state index contributed by atoms with van der Waals surface area (Å²) in [5.74, 6) is 0. The van der Waals surface area contributed by atoms with Gasteiger partial charge in [-0.25, -0.2) is 0 Å². The zero-order valence-electron chi connectivity index (χ0n) is 3.10. The molecule has 2 nitrogen and oxygen atoms in total. The smallest absolute Gasteiger partial charge is 0.149 e. The first-order chi connectivity index (χ1) is 2.81. The van der Waals surface area contributed by atoms with Crippen molar-refractivity contribution in [1.82, 2.24) is 0 Å². The minimum atomic E-state index is -0.759. The Morgan fingerprint density at radius 1 is 2.00 bits per heavy atom. The Kier molecular flexibility index (Phi) is 2.67. The lowest BCUT2D eigenvalue weighted by molar-refractivity contribution is 1.13. The highest BCUT2D eigenvalue weighted by atomic mass is 35.5. The average molecular weight is 106 g/mol. The van der Waals surface area contributed by atoms with Gasteiger partial charge in [0.25, 0.3) is 0 Å². The first-order valence-electron chi connectivity index (χ1n) is 1.40. The van der Waals surface area contributed by atoms with E-state index in [4.69, 9.17) is 11.6 Å². The predicted molar refractivity (Wildman–Crippen MR) is 25.6 cm³/mol. The van der Waals surface area contributed by atoms with E-state index in [1.54, 1.807) is 0 Å². The fourth-order valence-corrected chi connectivity index (χ4v) is 0.0430. The first-order valence-corrected chi connectivity index (χ1v) is 1.84. The largest absolute Gasteiger partial charge is 0.183 e. The van der Waals surface area contributed by atoms with Crippen LogP contribution in [0.25, 0.3) is 0 Å². The number of alkyl halides is 1. The monoisotopic (exact) mass is 105 g/mol. The van der Waals surface area contributed by atoms with E-state index in [9.17, 15) is 4.91 Å². The Morgan fingerprint density at radius 2 is 2.50 bits per heavy atom. The molecule has 1 unspecified atom stereocenters. The molecule has 0 radical (unpaired) electrons. The summed E-state index contributed by atoms with van der Waals surface area (Å²) in [6, 6.07) is 0. The lowest BCUT2D eigenvalue weighted by Gasteiger charge is -1.79. The summed E-state index contributed by atoms with van der Waals surface area (Å²) in [5.41, 5.74) is -0.759. The van der Waals surface area contributed by atoms with E-state index in [1.165, 1.54) is 6.08 Å². The van der Waals surface area contributed by atoms with Crippen molar-refractivity contribution in [2.24, 2.45) is 5.18 Å². The summed E-state index contributed by atoms with van der Waals surface area (Å²) in [6.07, 6.45) is 1.26. The third kappa shape index (κ3) is 1.91. The van der Waals surface area contributed by atoms with E-state index in [2.05, 4.69) is 11.8 Å². The maximum atomic E-state index is 9.28. The van der Waals surface area contributed by atoms with Crippen LogP contribution in [0.1, 0.15) is 0 Å². The Bertz CT molecular complexity index is 55.8. The lowest BCUT2D eigenvalue weighted by Crippen LogP contribution is -1.79. The summed E-state index contributed by atoms with van der Waals surface area (Å²) in [5, 5.41) is 2.40. The van der Waals surface area contributed by atoms with Crippen LogP contribution in [0.3, 0.4) is 0 Å². The topological polar surface area (TPSA) is 29.4 Å². The predicted octanol–water partition coefficient (Wildman–Crippen LogP) is 1.50. The second kappa shape index (κ2) is 2.85. The molecule has 0 N–H and O–H groups in total. The maximum Gasteiger partial charge on any atom is 0.183 e. The molecular formula is C3H4ClNO. The fourth-order valence-electron chi connectivity index (χ4n) is 0.0430. The standard InChI is InChI=1S/C3H4ClNO/c1-2-3(4)5-6/h2-3H,1H2. The lowest BCUT2D eigenvalue weighted by atomic mass is 10.7. The molecule has 6 heavy (non-hydrogen) atoms. The average Bonchev–Trinajstić information content (AvgIpc) is 1.65. The summed E-state index contributed by atoms with van der Waals surface area (Å²) in [4.78, 5) is 9.28. The van der Waals surface area contributed by atoms with Gasteiger partial charge in [-0.05, 0) is 11.3 Å². The number of rotatable bonds is 2. The van der Waals surface area contributed by atoms with E-state index in [0.717, 1.165) is 0 Å². The van der Waals surface area contributed by atoms with Gasteiger partial charge in [0.2, 0.25) is 0 Å². The van der Waals surface area contributed by atoms with Gasteiger partial charge in [-0.15, -0.1) is 4.91 Å². The molecule has 0 aliphatic heterocycles. The molecule has 1 atom stereocenters. The van der Waals surface area contributed by atoms with Crippen LogP contribution in [0.4, 0.5) is 0 Å². The molecule has 3 heteroatoms. The third-order valence-electron chi connectivity index (χ3n) is 0.295. The van der Waals surface area contributed by atoms with Crippen LogP contribution in [0, 0.1) is 4.91 Å². The second-order valence-corrected chi connectivity index (χ2v) is 1.16. The highest BCUT2D eigenvalue weighted by Gasteiger charge is 1.88. The van der Waals surface area contributed by atoms with Gasteiger partial charge in [-0.3, -0.25) is 0 Å². The van der Waals surface area contributed by atoms with Gasteiger partial charge < -0.3 is 0 Å². The first kappa shape index (κ1) is 5.63. The molecule has 0 amide bonds. The van der Waals surface area contributed by atoms with Crippen molar-refractivity contribution in [3.8, 4) is 0 Å². The van der Waals surface area contributed by atoms with E-state index in [0.29, 0.717) is 0 Å². The van der Waals surface area contributed by atoms with Crippen molar-refractivity contribution < 1.29 is 0 Å². The van der Waals surface area contributed by atoms with E-state index >= 15 is 0 Å². The van der Waals surface area contributed by atoms with Crippen LogP contribution in [0.5, 0.6) is 0 Å². The van der Waals surface area contributed by atoms with Gasteiger partial charge in [0, 0.05) is 0 Å². The number of halogens is 1. The molecule has 0 fully saturated rings. The van der Waals surface area contributed by atoms with Crippen LogP contribution in [-0.4, -0.2) is 5.50 Å². The molecule has 34 valence electrons. The molecule has 0 aromatic heterocycles. The Morgan fingerprint density at radius 3 is 2.50 bits per heavy atom. The molecule has 0 aromatic carbocycles. The van der Waals surface area contributed by atoms with Gasteiger partial charge in [-0.2, -0.15) is 0 Å². The molecule has 0 aliphatic rings. The van der Waals surface area contributed by atoms with Gasteiger partial charge in [0.1, 0.15) is 0 Å². The zero-order chi connectivity index (χ0) is 4.99. The highest BCUT2D eigenvalue weighted by Crippen LogP contribution is 1.94. The summed E-state index contributed by atoms with van der Waals surface area (Å²) >= 11 is 5.05. The van der Waals surface area contributed by atoms with Crippen molar-refractivity contribution >= 4 is 11.6 Å². The van der Waals surface area contributed by atoms with Crippen LogP contribution >= 0.6 is 11.6 Å². The number of hydrogen-bond donors (Lipinski definition) is 0. The second-order valence-electron chi connectivity index (χ2n) is 0.714. The SMILES string of the molecule is C=CC(Cl)N=O. The maximum absolute atomic E-state index is 9.28. The molecule has 0 spiro atoms. The molecule has 0 saturated heterocycles. The molecule has 0 bridgehead atoms. The van der Waals surface area contributed by atoms with Crippen molar-refractivity contribution in [2.75, 3.05) is 0 Å². The molecule has 0 rings (SSSR count). The summed E-state index contributed by atoms with van der Waals surface area (Å²) < 4.78 is 0. The van der Waals surface area contributed by atoms with Crippen LogP contribution < -0.4 is 0 Å². The van der Waals surface area contributed by atoms with Crippen LogP contribution in [0.2, 0.25) is 0 Å². The Balaban J connectivity index is 3.21. The molecular weight excluding hydrogens is 101 g/mol.